The molecule has 0 saturated heterocycles. The van der Waals surface area contributed by atoms with Crippen LogP contribution >= 0.6 is 0 Å². The summed E-state index contributed by atoms with van der Waals surface area (Å²) < 4.78 is 0. The normalized spacial score (nSPS) is 32.4. The molecule has 0 radical (unpaired) electrons. The van der Waals surface area contributed by atoms with Crippen LogP contribution in [0.4, 0.5) is 0 Å². The highest BCUT2D eigenvalue weighted by Crippen LogP contribution is 2.41. The Morgan fingerprint density at radius 3 is 2.33 bits per heavy atom. The van der Waals surface area contributed by atoms with Crippen LogP contribution in [0.25, 0.3) is 0 Å². The molecule has 50 valence electrons. The Labute approximate surface area is 54.9 Å². The predicted molar refractivity (Wildman–Crippen MR) is 36.2 cm³/mol. The van der Waals surface area contributed by atoms with Crippen molar-refractivity contribution < 1.29 is 4.79 Å². The lowest BCUT2D eigenvalue weighted by Crippen LogP contribution is -2.34. The van der Waals surface area contributed by atoms with Gasteiger partial charge in [-0.2, -0.15) is 0 Å². The molecule has 0 bridgehead atoms. The molecule has 1 aliphatic rings. The molecule has 0 aromatic rings. The molecule has 1 rings (SSSR count). The lowest BCUT2D eigenvalue weighted by Gasteiger charge is -2.06. The zero-order chi connectivity index (χ0) is 7.07. The molecule has 1 N–H and O–H groups in total. The Kier molecular flexibility index (Phi) is 1.21. The van der Waals surface area contributed by atoms with Crippen LogP contribution in [0.3, 0.4) is 0 Å². The van der Waals surface area contributed by atoms with Gasteiger partial charge in [0.1, 0.15) is 5.54 Å². The molecule has 9 heavy (non-hydrogen) atoms. The first-order chi connectivity index (χ1) is 4.13. The summed E-state index contributed by atoms with van der Waals surface area (Å²) in [7, 11) is 1.79. The molecule has 2 nitrogen and oxygen atoms in total. The number of likely N-dealkylation sites (N-methyl/N-ethyl adjacent to an activating group) is 1. The van der Waals surface area contributed by atoms with Gasteiger partial charge in [-0.3, -0.25) is 4.79 Å². The molecule has 1 aliphatic carbocycles. The minimum Gasteiger partial charge on any atom is -0.304 e. The molecule has 1 fully saturated rings. The zero-order valence-electron chi connectivity index (χ0n) is 5.82. The van der Waals surface area contributed by atoms with E-state index in [4.69, 9.17) is 0 Å². The molecule has 1 saturated carbocycles. The fourth-order valence-electron chi connectivity index (χ4n) is 1.09. The molecule has 0 spiro atoms. The minimum atomic E-state index is -0.333. The maximum absolute atomic E-state index is 10.8. The Morgan fingerprint density at radius 2 is 2.33 bits per heavy atom. The van der Waals surface area contributed by atoms with Gasteiger partial charge < -0.3 is 5.32 Å². The number of hydrogen-bond acceptors (Lipinski definition) is 2. The third kappa shape index (κ3) is 0.704. The Morgan fingerprint density at radius 1 is 1.89 bits per heavy atom. The van der Waals surface area contributed by atoms with E-state index >= 15 is 0 Å². The molecule has 0 aromatic heterocycles. The van der Waals surface area contributed by atoms with E-state index in [9.17, 15) is 4.79 Å². The van der Waals surface area contributed by atoms with E-state index in [1.54, 1.807) is 14.0 Å². The second-order valence-electron chi connectivity index (χ2n) is 2.49. The lowest BCUT2D eigenvalue weighted by molar-refractivity contribution is -0.119. The first-order valence-electron chi connectivity index (χ1n) is 3.01. The number of carbonyl (C=O) groups excluding carboxylic acids is 1. The average Bonchev–Trinajstić information content (AvgIpc) is 2.43. The number of Topliss-reactive ketones (excluding diaryl/α,β-unsaturated/α-hetero) is 1. The third-order valence-corrected chi connectivity index (χ3v) is 1.98. The molecule has 0 aromatic carbocycles. The maximum Gasteiger partial charge on any atom is 0.154 e. The van der Waals surface area contributed by atoms with E-state index in [2.05, 4.69) is 11.9 Å². The van der Waals surface area contributed by atoms with Crippen LogP contribution in [0.1, 0.15) is 13.3 Å². The fourth-order valence-corrected chi connectivity index (χ4v) is 1.09. The molecular weight excluding hydrogens is 114 g/mol. The predicted octanol–water partition coefficient (Wildman–Crippen LogP) is 0.493. The van der Waals surface area contributed by atoms with Crippen LogP contribution in [0.15, 0.2) is 12.2 Å². The topological polar surface area (TPSA) is 29.1 Å². The van der Waals surface area contributed by atoms with E-state index in [0.717, 1.165) is 12.0 Å². The number of nitrogens with one attached hydrogen (secondary N) is 1. The van der Waals surface area contributed by atoms with Crippen LogP contribution in [0.5, 0.6) is 0 Å². The van der Waals surface area contributed by atoms with Crippen molar-refractivity contribution >= 4 is 5.78 Å². The zero-order valence-corrected chi connectivity index (χ0v) is 5.82. The van der Waals surface area contributed by atoms with Gasteiger partial charge in [0, 0.05) is 0 Å². The van der Waals surface area contributed by atoms with E-state index in [-0.39, 0.29) is 11.3 Å². The number of rotatable bonds is 2. The largest absolute Gasteiger partial charge is 0.304 e. The van der Waals surface area contributed by atoms with Gasteiger partial charge in [-0.25, -0.2) is 0 Å². The highest BCUT2D eigenvalue weighted by Gasteiger charge is 2.50. The molecule has 0 heterocycles. The van der Waals surface area contributed by atoms with Crippen molar-refractivity contribution in [3.63, 3.8) is 0 Å². The fraction of sp³-hybridized carbons (Fsp3) is 0.571. The summed E-state index contributed by atoms with van der Waals surface area (Å²) in [5.74, 6) is 0.176. The van der Waals surface area contributed by atoms with Gasteiger partial charge in [0.05, 0.1) is 0 Å². The highest BCUT2D eigenvalue weighted by atomic mass is 16.1. The number of ketones is 1. The van der Waals surface area contributed by atoms with Crippen LogP contribution in [-0.2, 0) is 4.79 Å². The van der Waals surface area contributed by atoms with E-state index in [1.807, 2.05) is 0 Å². The highest BCUT2D eigenvalue weighted by molar-refractivity contribution is 5.95. The van der Waals surface area contributed by atoms with Gasteiger partial charge in [0.2, 0.25) is 0 Å². The van der Waals surface area contributed by atoms with Crippen molar-refractivity contribution in [3.05, 3.63) is 12.2 Å². The summed E-state index contributed by atoms with van der Waals surface area (Å²) in [6.45, 7) is 5.32. The summed E-state index contributed by atoms with van der Waals surface area (Å²) in [5.41, 5.74) is 0.678. The smallest absolute Gasteiger partial charge is 0.154 e. The van der Waals surface area contributed by atoms with Crippen LogP contribution < -0.4 is 5.32 Å². The maximum atomic E-state index is 10.8. The molecular formula is C7H11NO. The van der Waals surface area contributed by atoms with Crippen LogP contribution in [0.2, 0.25) is 0 Å². The van der Waals surface area contributed by atoms with Crippen LogP contribution in [0, 0.1) is 0 Å². The molecule has 1 unspecified atom stereocenters. The molecule has 0 amide bonds. The summed E-state index contributed by atoms with van der Waals surface area (Å²) in [6.07, 6.45) is 0.818. The van der Waals surface area contributed by atoms with Gasteiger partial charge in [0.25, 0.3) is 0 Å². The van der Waals surface area contributed by atoms with Gasteiger partial charge in [-0.1, -0.05) is 6.58 Å². The van der Waals surface area contributed by atoms with Gasteiger partial charge >= 0.3 is 0 Å². The average molecular weight is 125 g/mol. The summed E-state index contributed by atoms with van der Waals surface area (Å²) >= 11 is 0. The van der Waals surface area contributed by atoms with Crippen LogP contribution in [-0.4, -0.2) is 18.4 Å². The second kappa shape index (κ2) is 1.67. The first kappa shape index (κ1) is 6.49. The Balaban J connectivity index is 2.74. The quantitative estimate of drug-likeness (QED) is 0.544. The SMILES string of the molecule is C=C1CC1(NC)C(C)=O. The lowest BCUT2D eigenvalue weighted by atomic mass is 10.2. The summed E-state index contributed by atoms with van der Waals surface area (Å²) in [5, 5.41) is 2.95. The third-order valence-electron chi connectivity index (χ3n) is 1.98. The molecule has 0 aliphatic heterocycles. The van der Waals surface area contributed by atoms with Crippen molar-refractivity contribution in [3.8, 4) is 0 Å². The number of hydrogen-bond donors (Lipinski definition) is 1. The Hall–Kier alpha value is -0.630. The molecule has 2 heteroatoms. The Bertz CT molecular complexity index is 174. The first-order valence-corrected chi connectivity index (χ1v) is 3.01. The van der Waals surface area contributed by atoms with E-state index in [0.29, 0.717) is 0 Å². The van der Waals surface area contributed by atoms with Crippen molar-refractivity contribution in [1.82, 2.24) is 5.32 Å². The minimum absolute atomic E-state index is 0.176. The van der Waals surface area contributed by atoms with Gasteiger partial charge in [-0.05, 0) is 26.0 Å². The monoisotopic (exact) mass is 125 g/mol. The summed E-state index contributed by atoms with van der Waals surface area (Å²) in [4.78, 5) is 10.8. The number of carbonyl (C=O) groups is 1. The van der Waals surface area contributed by atoms with E-state index in [1.165, 1.54) is 0 Å². The van der Waals surface area contributed by atoms with Crippen molar-refractivity contribution in [2.75, 3.05) is 7.05 Å². The van der Waals surface area contributed by atoms with Crippen molar-refractivity contribution in [2.24, 2.45) is 0 Å². The van der Waals surface area contributed by atoms with Crippen molar-refractivity contribution in [1.29, 1.82) is 0 Å². The van der Waals surface area contributed by atoms with E-state index < -0.39 is 0 Å². The van der Waals surface area contributed by atoms with Gasteiger partial charge in [-0.15, -0.1) is 0 Å². The van der Waals surface area contributed by atoms with Gasteiger partial charge in [0.15, 0.2) is 5.78 Å². The molecule has 1 atom stereocenters. The van der Waals surface area contributed by atoms with Crippen molar-refractivity contribution in [2.45, 2.75) is 18.9 Å². The second-order valence-corrected chi connectivity index (χ2v) is 2.49. The standard InChI is InChI=1S/C7H11NO/c1-5-4-7(5,8-3)6(2)9/h8H,1,4H2,2-3H3. The summed E-state index contributed by atoms with van der Waals surface area (Å²) in [6, 6.07) is 0.